The number of carbonyl (C=O) groups excluding carboxylic acids is 1. The van der Waals surface area contributed by atoms with E-state index in [-0.39, 0.29) is 17.1 Å². The third-order valence-electron chi connectivity index (χ3n) is 3.61. The van der Waals surface area contributed by atoms with Crippen LogP contribution in [0.4, 0.5) is 14.6 Å². The number of carbonyl (C=O) groups is 1. The molecule has 0 spiro atoms. The Hall–Kier alpha value is -2.64. The third kappa shape index (κ3) is 4.75. The predicted octanol–water partition coefficient (Wildman–Crippen LogP) is 5.09. The van der Waals surface area contributed by atoms with Crippen molar-refractivity contribution in [1.29, 1.82) is 0 Å². The molecule has 2 aromatic carbocycles. The average molecular weight is 412 g/mol. The summed E-state index contributed by atoms with van der Waals surface area (Å²) in [6.07, 6.45) is 1.64. The SMILES string of the molecule is O=C(Nc1ccn(Cc2c(Cl)cccc2Cl)n1)c1ccccc1OC(F)F. The highest BCUT2D eigenvalue weighted by Gasteiger charge is 2.16. The van der Waals surface area contributed by atoms with Crippen molar-refractivity contribution in [3.8, 4) is 5.75 Å². The predicted molar refractivity (Wildman–Crippen MR) is 98.8 cm³/mol. The van der Waals surface area contributed by atoms with Crippen LogP contribution in [0.2, 0.25) is 10.0 Å². The van der Waals surface area contributed by atoms with Gasteiger partial charge in [-0.3, -0.25) is 9.48 Å². The first kappa shape index (κ1) is 19.1. The Labute approximate surface area is 163 Å². The van der Waals surface area contributed by atoms with Crippen LogP contribution in [0.1, 0.15) is 15.9 Å². The largest absolute Gasteiger partial charge is 0.434 e. The van der Waals surface area contributed by atoms with E-state index >= 15 is 0 Å². The van der Waals surface area contributed by atoms with Crippen LogP contribution in [-0.2, 0) is 6.54 Å². The number of hydrogen-bond acceptors (Lipinski definition) is 3. The quantitative estimate of drug-likeness (QED) is 0.614. The molecule has 0 atom stereocenters. The molecule has 3 aromatic rings. The van der Waals surface area contributed by atoms with Crippen molar-refractivity contribution >= 4 is 34.9 Å². The van der Waals surface area contributed by atoms with Crippen LogP contribution in [-0.4, -0.2) is 22.3 Å². The Bertz CT molecular complexity index is 943. The maximum atomic E-state index is 12.5. The van der Waals surface area contributed by atoms with Crippen LogP contribution in [0.5, 0.6) is 5.75 Å². The van der Waals surface area contributed by atoms with E-state index in [1.807, 2.05) is 0 Å². The lowest BCUT2D eigenvalue weighted by Gasteiger charge is -2.10. The van der Waals surface area contributed by atoms with Crippen LogP contribution in [0.3, 0.4) is 0 Å². The van der Waals surface area contributed by atoms with Gasteiger partial charge in [0, 0.05) is 27.9 Å². The zero-order chi connectivity index (χ0) is 19.4. The average Bonchev–Trinajstić information content (AvgIpc) is 3.05. The number of hydrogen-bond donors (Lipinski definition) is 1. The summed E-state index contributed by atoms with van der Waals surface area (Å²) in [5.41, 5.74) is 0.666. The third-order valence-corrected chi connectivity index (χ3v) is 4.32. The maximum Gasteiger partial charge on any atom is 0.387 e. The van der Waals surface area contributed by atoms with Gasteiger partial charge in [0.25, 0.3) is 5.91 Å². The van der Waals surface area contributed by atoms with Gasteiger partial charge in [-0.05, 0) is 24.3 Å². The van der Waals surface area contributed by atoms with Gasteiger partial charge in [-0.1, -0.05) is 41.4 Å². The molecule has 0 aliphatic carbocycles. The van der Waals surface area contributed by atoms with E-state index < -0.39 is 12.5 Å². The number of rotatable bonds is 6. The Morgan fingerprint density at radius 3 is 2.52 bits per heavy atom. The molecule has 1 N–H and O–H groups in total. The number of amides is 1. The summed E-state index contributed by atoms with van der Waals surface area (Å²) in [6.45, 7) is -2.72. The minimum Gasteiger partial charge on any atom is -0.434 e. The highest BCUT2D eigenvalue weighted by Crippen LogP contribution is 2.25. The molecule has 0 unspecified atom stereocenters. The van der Waals surface area contributed by atoms with Gasteiger partial charge in [0.15, 0.2) is 5.82 Å². The Balaban J connectivity index is 1.74. The highest BCUT2D eigenvalue weighted by molar-refractivity contribution is 6.35. The van der Waals surface area contributed by atoms with Crippen molar-refractivity contribution in [3.63, 3.8) is 0 Å². The number of halogens is 4. The summed E-state index contributed by atoms with van der Waals surface area (Å²) in [6, 6.07) is 12.5. The summed E-state index contributed by atoms with van der Waals surface area (Å²) in [4.78, 5) is 12.4. The molecule has 3 rings (SSSR count). The van der Waals surface area contributed by atoms with Gasteiger partial charge in [0.05, 0.1) is 12.1 Å². The second-order valence-corrected chi connectivity index (χ2v) is 6.24. The molecule has 0 aliphatic heterocycles. The normalized spacial score (nSPS) is 10.9. The van der Waals surface area contributed by atoms with E-state index in [1.54, 1.807) is 41.2 Å². The maximum absolute atomic E-state index is 12.5. The van der Waals surface area contributed by atoms with Crippen LogP contribution >= 0.6 is 23.2 Å². The van der Waals surface area contributed by atoms with Crippen molar-refractivity contribution in [2.45, 2.75) is 13.2 Å². The fraction of sp³-hybridized carbons (Fsp3) is 0.111. The number of alkyl halides is 2. The molecule has 27 heavy (non-hydrogen) atoms. The number of anilines is 1. The lowest BCUT2D eigenvalue weighted by molar-refractivity contribution is -0.0501. The molecule has 1 aromatic heterocycles. The number of para-hydroxylation sites is 1. The molecule has 0 radical (unpaired) electrons. The van der Waals surface area contributed by atoms with E-state index in [0.29, 0.717) is 22.2 Å². The molecule has 140 valence electrons. The molecule has 0 aliphatic rings. The van der Waals surface area contributed by atoms with E-state index in [9.17, 15) is 13.6 Å². The van der Waals surface area contributed by atoms with E-state index in [4.69, 9.17) is 23.2 Å². The Morgan fingerprint density at radius 1 is 1.11 bits per heavy atom. The molecule has 5 nitrogen and oxygen atoms in total. The zero-order valence-corrected chi connectivity index (χ0v) is 15.2. The summed E-state index contributed by atoms with van der Waals surface area (Å²) in [5, 5.41) is 7.77. The van der Waals surface area contributed by atoms with Gasteiger partial charge in [-0.25, -0.2) is 0 Å². The van der Waals surface area contributed by atoms with Gasteiger partial charge >= 0.3 is 6.61 Å². The molecule has 0 bridgehead atoms. The monoisotopic (exact) mass is 411 g/mol. The van der Waals surface area contributed by atoms with Gasteiger partial charge in [-0.2, -0.15) is 13.9 Å². The van der Waals surface area contributed by atoms with Crippen molar-refractivity contribution in [1.82, 2.24) is 9.78 Å². The Kier molecular flexibility index (Phi) is 5.93. The number of benzene rings is 2. The van der Waals surface area contributed by atoms with Gasteiger partial charge < -0.3 is 10.1 Å². The minimum atomic E-state index is -3.03. The summed E-state index contributed by atoms with van der Waals surface area (Å²) in [7, 11) is 0. The lowest BCUT2D eigenvalue weighted by Crippen LogP contribution is -2.15. The fourth-order valence-corrected chi connectivity index (χ4v) is 2.92. The van der Waals surface area contributed by atoms with Gasteiger partial charge in [0.2, 0.25) is 0 Å². The lowest BCUT2D eigenvalue weighted by atomic mass is 10.2. The van der Waals surface area contributed by atoms with Crippen LogP contribution in [0.25, 0.3) is 0 Å². The molecule has 9 heteroatoms. The van der Waals surface area contributed by atoms with Crippen LogP contribution in [0.15, 0.2) is 54.7 Å². The van der Waals surface area contributed by atoms with Crippen molar-refractivity contribution in [2.24, 2.45) is 0 Å². The van der Waals surface area contributed by atoms with Gasteiger partial charge in [0.1, 0.15) is 5.75 Å². The second kappa shape index (κ2) is 8.37. The van der Waals surface area contributed by atoms with Crippen molar-refractivity contribution in [2.75, 3.05) is 5.32 Å². The molecule has 0 saturated heterocycles. The number of ether oxygens (including phenoxy) is 1. The molecular weight excluding hydrogens is 399 g/mol. The van der Waals surface area contributed by atoms with Crippen LogP contribution < -0.4 is 10.1 Å². The summed E-state index contributed by atoms with van der Waals surface area (Å²) < 4.78 is 30.9. The Morgan fingerprint density at radius 2 is 1.81 bits per heavy atom. The molecule has 0 fully saturated rings. The minimum absolute atomic E-state index is 0.0264. The van der Waals surface area contributed by atoms with Crippen molar-refractivity contribution < 1.29 is 18.3 Å². The summed E-state index contributed by atoms with van der Waals surface area (Å²) >= 11 is 12.3. The smallest absolute Gasteiger partial charge is 0.387 e. The molecule has 0 saturated carbocycles. The first-order chi connectivity index (χ1) is 12.9. The zero-order valence-electron chi connectivity index (χ0n) is 13.7. The first-order valence-corrected chi connectivity index (χ1v) is 8.51. The fourth-order valence-electron chi connectivity index (χ4n) is 2.40. The highest BCUT2D eigenvalue weighted by atomic mass is 35.5. The number of nitrogens with zero attached hydrogens (tertiary/aromatic N) is 2. The van der Waals surface area contributed by atoms with E-state index in [2.05, 4.69) is 15.2 Å². The molecular formula is C18H13Cl2F2N3O2. The molecule has 1 amide bonds. The van der Waals surface area contributed by atoms with E-state index in [0.717, 1.165) is 0 Å². The number of aromatic nitrogens is 2. The topological polar surface area (TPSA) is 56.2 Å². The van der Waals surface area contributed by atoms with E-state index in [1.165, 1.54) is 18.2 Å². The first-order valence-electron chi connectivity index (χ1n) is 7.75. The number of nitrogens with one attached hydrogen (secondary N) is 1. The van der Waals surface area contributed by atoms with Crippen molar-refractivity contribution in [3.05, 3.63) is 75.9 Å². The van der Waals surface area contributed by atoms with Crippen LogP contribution in [0, 0.1) is 0 Å². The molecule has 1 heterocycles. The van der Waals surface area contributed by atoms with Gasteiger partial charge in [-0.15, -0.1) is 0 Å². The second-order valence-electron chi connectivity index (χ2n) is 5.43. The standard InChI is InChI=1S/C18H13Cl2F2N3O2/c19-13-5-3-6-14(20)12(13)10-25-9-8-16(24-25)23-17(26)11-4-1-2-7-15(11)27-18(21)22/h1-9,18H,10H2,(H,23,24,26). The summed E-state index contributed by atoms with van der Waals surface area (Å²) in [5.74, 6) is -0.588.